The molecule has 9 nitrogen and oxygen atoms in total. The van der Waals surface area contributed by atoms with Crippen LogP contribution in [0.4, 0.5) is 17.6 Å². The number of halogens is 4. The SMILES string of the molecule is CCOC(C)n1nc(C(C(C)(C)C)S(C)(=O)=O)cc1-c1sc(-c2cnc(C(F)(F)F)nc2C#N)nc1F. The van der Waals surface area contributed by atoms with E-state index in [9.17, 15) is 26.9 Å². The maximum absolute atomic E-state index is 15.2. The first-order chi connectivity index (χ1) is 17.0. The van der Waals surface area contributed by atoms with Gasteiger partial charge in [0.15, 0.2) is 15.5 Å². The molecule has 0 spiro atoms. The zero-order valence-corrected chi connectivity index (χ0v) is 22.4. The van der Waals surface area contributed by atoms with Crippen molar-refractivity contribution >= 4 is 21.2 Å². The lowest BCUT2D eigenvalue weighted by Gasteiger charge is -2.27. The van der Waals surface area contributed by atoms with Crippen LogP contribution in [0.2, 0.25) is 0 Å². The lowest BCUT2D eigenvalue weighted by Crippen LogP contribution is -2.26. The molecule has 3 heterocycles. The molecule has 200 valence electrons. The molecule has 3 rings (SSSR count). The van der Waals surface area contributed by atoms with Crippen LogP contribution in [0.25, 0.3) is 21.1 Å². The number of hydrogen-bond donors (Lipinski definition) is 0. The van der Waals surface area contributed by atoms with Gasteiger partial charge in [-0.05, 0) is 25.3 Å². The van der Waals surface area contributed by atoms with E-state index >= 15 is 4.39 Å². The lowest BCUT2D eigenvalue weighted by atomic mass is 9.90. The van der Waals surface area contributed by atoms with Gasteiger partial charge in [0.05, 0.1) is 17.0 Å². The van der Waals surface area contributed by atoms with Gasteiger partial charge in [-0.3, -0.25) is 0 Å². The van der Waals surface area contributed by atoms with Gasteiger partial charge in [-0.2, -0.15) is 27.9 Å². The Bertz CT molecular complexity index is 1450. The molecule has 0 N–H and O–H groups in total. The molecule has 0 aromatic carbocycles. The molecule has 0 bridgehead atoms. The smallest absolute Gasteiger partial charge is 0.357 e. The number of hydrogen-bond acceptors (Lipinski definition) is 9. The van der Waals surface area contributed by atoms with Crippen LogP contribution < -0.4 is 0 Å². The molecule has 3 aromatic rings. The molecule has 0 aliphatic heterocycles. The van der Waals surface area contributed by atoms with Gasteiger partial charge in [0, 0.05) is 19.1 Å². The van der Waals surface area contributed by atoms with Crippen LogP contribution in [-0.2, 0) is 20.8 Å². The highest BCUT2D eigenvalue weighted by atomic mass is 32.2. The van der Waals surface area contributed by atoms with Crippen LogP contribution in [0.1, 0.15) is 63.3 Å². The summed E-state index contributed by atoms with van der Waals surface area (Å²) in [5, 5.41) is 12.6. The predicted molar refractivity (Wildman–Crippen MR) is 127 cm³/mol. The number of ether oxygens (including phenoxy) is 1. The normalized spacial score (nSPS) is 14.4. The van der Waals surface area contributed by atoms with Crippen LogP contribution >= 0.6 is 11.3 Å². The Morgan fingerprint density at radius 3 is 2.41 bits per heavy atom. The minimum absolute atomic E-state index is 0.0785. The average Bonchev–Trinajstić information content (AvgIpc) is 3.34. The summed E-state index contributed by atoms with van der Waals surface area (Å²) in [6, 6.07) is 2.99. The Labute approximate surface area is 215 Å². The summed E-state index contributed by atoms with van der Waals surface area (Å²) in [5.74, 6) is -2.50. The van der Waals surface area contributed by atoms with E-state index in [-0.39, 0.29) is 33.4 Å². The van der Waals surface area contributed by atoms with Gasteiger partial charge >= 0.3 is 6.18 Å². The summed E-state index contributed by atoms with van der Waals surface area (Å²) < 4.78 is 86.4. The molecule has 0 radical (unpaired) electrons. The summed E-state index contributed by atoms with van der Waals surface area (Å²) in [6.07, 6.45) is -3.73. The second-order valence-electron chi connectivity index (χ2n) is 9.23. The van der Waals surface area contributed by atoms with Crippen LogP contribution in [0.5, 0.6) is 0 Å². The van der Waals surface area contributed by atoms with Crippen molar-refractivity contribution in [3.05, 3.63) is 35.4 Å². The van der Waals surface area contributed by atoms with Crippen molar-refractivity contribution in [1.82, 2.24) is 24.7 Å². The second-order valence-corrected chi connectivity index (χ2v) is 12.4. The standard InChI is InChI=1S/C22H24F4N6O3S2/c1-7-35-11(2)32-15(8-13(31-32)17(21(3,4)5)37(6,33)34)16-18(23)30-19(36-16)12-10-28-20(22(24,25)26)29-14(12)9-27/h8,10-11,17H,7H2,1-6H3. The highest BCUT2D eigenvalue weighted by molar-refractivity contribution is 7.91. The predicted octanol–water partition coefficient (Wildman–Crippen LogP) is 5.18. The first-order valence-corrected chi connectivity index (χ1v) is 13.7. The Morgan fingerprint density at radius 1 is 1.24 bits per heavy atom. The quantitative estimate of drug-likeness (QED) is 0.362. The molecule has 0 amide bonds. The Morgan fingerprint density at radius 2 is 1.89 bits per heavy atom. The maximum Gasteiger partial charge on any atom is 0.451 e. The largest absolute Gasteiger partial charge is 0.451 e. The molecule has 15 heteroatoms. The third-order valence-electron chi connectivity index (χ3n) is 5.19. The van der Waals surface area contributed by atoms with E-state index in [2.05, 4.69) is 20.1 Å². The van der Waals surface area contributed by atoms with Crippen LogP contribution in [0.3, 0.4) is 0 Å². The number of alkyl halides is 3. The Hall–Kier alpha value is -2.96. The fourth-order valence-electron chi connectivity index (χ4n) is 3.94. The van der Waals surface area contributed by atoms with Gasteiger partial charge in [-0.1, -0.05) is 20.8 Å². The molecule has 2 unspecified atom stereocenters. The first kappa shape index (κ1) is 28.6. The summed E-state index contributed by atoms with van der Waals surface area (Å²) in [6.45, 7) is 8.89. The number of nitriles is 1. The third-order valence-corrected chi connectivity index (χ3v) is 8.08. The topological polar surface area (TPSA) is 124 Å². The lowest BCUT2D eigenvalue weighted by molar-refractivity contribution is -0.145. The van der Waals surface area contributed by atoms with Crippen LogP contribution in [0.15, 0.2) is 12.3 Å². The molecule has 0 fully saturated rings. The second kappa shape index (κ2) is 10.1. The summed E-state index contributed by atoms with van der Waals surface area (Å²) in [4.78, 5) is 10.2. The fraction of sp³-hybridized carbons (Fsp3) is 0.500. The summed E-state index contributed by atoms with van der Waals surface area (Å²) >= 11 is 0.734. The van der Waals surface area contributed by atoms with Gasteiger partial charge in [0.2, 0.25) is 11.8 Å². The van der Waals surface area contributed by atoms with E-state index in [0.29, 0.717) is 0 Å². The van der Waals surface area contributed by atoms with Gasteiger partial charge < -0.3 is 4.74 Å². The van der Waals surface area contributed by atoms with Crippen LogP contribution in [0, 0.1) is 22.7 Å². The number of rotatable bonds is 7. The van der Waals surface area contributed by atoms with Crippen molar-refractivity contribution in [2.75, 3.05) is 12.9 Å². The van der Waals surface area contributed by atoms with E-state index < -0.39 is 50.4 Å². The van der Waals surface area contributed by atoms with Gasteiger partial charge in [0.1, 0.15) is 27.4 Å². The van der Waals surface area contributed by atoms with Crippen molar-refractivity contribution in [2.45, 2.75) is 52.3 Å². The van der Waals surface area contributed by atoms with Crippen molar-refractivity contribution < 1.29 is 30.7 Å². The maximum atomic E-state index is 15.2. The minimum Gasteiger partial charge on any atom is -0.357 e. The first-order valence-electron chi connectivity index (χ1n) is 10.9. The average molecular weight is 561 g/mol. The molecule has 0 saturated carbocycles. The minimum atomic E-state index is -4.87. The number of thiazole rings is 1. The molecule has 0 saturated heterocycles. The molecule has 0 aliphatic carbocycles. The summed E-state index contributed by atoms with van der Waals surface area (Å²) in [5.41, 5.74) is -1.24. The number of nitrogens with zero attached hydrogens (tertiary/aromatic N) is 6. The van der Waals surface area contributed by atoms with Gasteiger partial charge in [0.25, 0.3) is 0 Å². The Kier molecular flexibility index (Phi) is 7.79. The summed E-state index contributed by atoms with van der Waals surface area (Å²) in [7, 11) is -3.64. The molecular weight excluding hydrogens is 536 g/mol. The Balaban J connectivity index is 2.22. The highest BCUT2D eigenvalue weighted by Crippen LogP contribution is 2.42. The van der Waals surface area contributed by atoms with Gasteiger partial charge in [-0.25, -0.2) is 28.1 Å². The van der Waals surface area contributed by atoms with Crippen molar-refractivity contribution in [1.29, 1.82) is 5.26 Å². The van der Waals surface area contributed by atoms with E-state index in [1.165, 1.54) is 10.7 Å². The third kappa shape index (κ3) is 5.97. The van der Waals surface area contributed by atoms with E-state index in [4.69, 9.17) is 4.74 Å². The molecule has 2 atom stereocenters. The van der Waals surface area contributed by atoms with Crippen LogP contribution in [-0.4, -0.2) is 46.0 Å². The van der Waals surface area contributed by atoms with Crippen molar-refractivity contribution in [3.63, 3.8) is 0 Å². The van der Waals surface area contributed by atoms with Crippen molar-refractivity contribution in [3.8, 4) is 27.2 Å². The molecule has 3 aromatic heterocycles. The number of aromatic nitrogens is 5. The monoisotopic (exact) mass is 560 g/mol. The fourth-order valence-corrected chi connectivity index (χ4v) is 6.74. The molecule has 37 heavy (non-hydrogen) atoms. The molecule has 0 aliphatic rings. The van der Waals surface area contributed by atoms with E-state index in [1.807, 2.05) is 0 Å². The van der Waals surface area contributed by atoms with Crippen molar-refractivity contribution in [2.24, 2.45) is 5.41 Å². The van der Waals surface area contributed by atoms with E-state index in [0.717, 1.165) is 23.8 Å². The highest BCUT2D eigenvalue weighted by Gasteiger charge is 2.39. The zero-order chi connectivity index (χ0) is 27.9. The molecular formula is C22H24F4N6O3S2. The van der Waals surface area contributed by atoms with Gasteiger partial charge in [-0.15, -0.1) is 11.3 Å². The van der Waals surface area contributed by atoms with E-state index in [1.54, 1.807) is 40.7 Å². The zero-order valence-electron chi connectivity index (χ0n) is 20.8. The number of sulfone groups is 1.